The molecule has 1 N–H and O–H groups in total. The molecule has 13 atom stereocenters. The Morgan fingerprint density at radius 2 is 1.41 bits per heavy atom. The van der Waals surface area contributed by atoms with E-state index in [4.69, 9.17) is 37.9 Å². The van der Waals surface area contributed by atoms with Crippen molar-refractivity contribution in [2.75, 3.05) is 62.2 Å². The van der Waals surface area contributed by atoms with Gasteiger partial charge in [-0.3, -0.25) is 9.80 Å². The average Bonchev–Trinajstić information content (AvgIpc) is 4.08. The predicted octanol–water partition coefficient (Wildman–Crippen LogP) is 12.9. The second kappa shape index (κ2) is 20.1. The Morgan fingerprint density at radius 3 is 2.14 bits per heavy atom. The van der Waals surface area contributed by atoms with Crippen LogP contribution in [0, 0.1) is 46.3 Å². The van der Waals surface area contributed by atoms with Crippen molar-refractivity contribution in [3.8, 4) is 46.0 Å². The van der Waals surface area contributed by atoms with Crippen LogP contribution in [0.15, 0.2) is 72.3 Å². The Labute approximate surface area is 452 Å². The van der Waals surface area contributed by atoms with Crippen LogP contribution in [0.1, 0.15) is 131 Å². The van der Waals surface area contributed by atoms with Gasteiger partial charge >= 0.3 is 0 Å². The molecule has 1 spiro atoms. The third kappa shape index (κ3) is 8.72. The highest BCUT2D eigenvalue weighted by molar-refractivity contribution is 5.64. The zero-order valence-corrected chi connectivity index (χ0v) is 47.0. The first-order valence-corrected chi connectivity index (χ1v) is 28.9. The number of allylic oxidation sites excluding steroid dienone is 2. The van der Waals surface area contributed by atoms with E-state index in [1.165, 1.54) is 60.8 Å². The first-order chi connectivity index (χ1) is 36.7. The normalized spacial score (nSPS) is 35.2. The molecule has 4 aromatic carbocycles. The summed E-state index contributed by atoms with van der Waals surface area (Å²) in [6.07, 6.45) is 17.0. The Bertz CT molecular complexity index is 2840. The van der Waals surface area contributed by atoms with Crippen molar-refractivity contribution >= 4 is 0 Å². The SMILES string of the molecule is CC1CCC2(OC1)OC1CC3C4CCC5CC(O)CCC5(C)C4=CCC3(C)C1C2C.COc1ccc2cc1Oc1ccc(cc1)CC1c3cc(c(OC)cc3CCN1C)Oc1c(OC)c(OC)cc3c1C(C2)N(C)CC3. The summed E-state index contributed by atoms with van der Waals surface area (Å²) in [6, 6.07) is 21.2. The van der Waals surface area contributed by atoms with Crippen LogP contribution >= 0.6 is 0 Å². The minimum atomic E-state index is -0.303. The number of hydrogen-bond donors (Lipinski definition) is 1. The molecule has 13 unspecified atom stereocenters. The number of hydrogen-bond acceptors (Lipinski definition) is 11. The van der Waals surface area contributed by atoms with E-state index in [1.807, 2.05) is 18.2 Å². The number of ether oxygens (including phenoxy) is 8. The van der Waals surface area contributed by atoms with Crippen molar-refractivity contribution in [1.82, 2.24) is 9.80 Å². The van der Waals surface area contributed by atoms with E-state index in [9.17, 15) is 5.11 Å². The molecule has 10 aliphatic rings. The summed E-state index contributed by atoms with van der Waals surface area (Å²) in [5, 5.41) is 10.3. The lowest BCUT2D eigenvalue weighted by Gasteiger charge is -2.57. The van der Waals surface area contributed by atoms with Crippen molar-refractivity contribution < 1.29 is 43.0 Å². The number of likely N-dealkylation sites (N-methyl/N-ethyl adjacent to an activating group) is 2. The molecule has 408 valence electrons. The van der Waals surface area contributed by atoms with E-state index in [0.29, 0.717) is 80.9 Å². The molecule has 11 heteroatoms. The third-order valence-corrected chi connectivity index (χ3v) is 21.1. The average molecular weight is 1040 g/mol. The minimum Gasteiger partial charge on any atom is -0.493 e. The van der Waals surface area contributed by atoms with Gasteiger partial charge in [0.1, 0.15) is 5.75 Å². The van der Waals surface area contributed by atoms with Gasteiger partial charge in [-0.25, -0.2) is 0 Å². The topological polar surface area (TPSA) is 101 Å². The zero-order valence-electron chi connectivity index (χ0n) is 47.0. The first-order valence-electron chi connectivity index (χ1n) is 28.9. The maximum absolute atomic E-state index is 10.3. The molecule has 5 fully saturated rings. The van der Waals surface area contributed by atoms with E-state index < -0.39 is 0 Å². The fourth-order valence-corrected chi connectivity index (χ4v) is 16.8. The summed E-state index contributed by atoms with van der Waals surface area (Å²) in [5.74, 6) is 9.09. The van der Waals surface area contributed by atoms with Crippen molar-refractivity contribution in [3.63, 3.8) is 0 Å². The summed E-state index contributed by atoms with van der Waals surface area (Å²) in [5.41, 5.74) is 9.61. The Balaban J connectivity index is 0.000000167. The van der Waals surface area contributed by atoms with Crippen LogP contribution in [0.2, 0.25) is 0 Å². The fourth-order valence-electron chi connectivity index (χ4n) is 16.8. The quantitative estimate of drug-likeness (QED) is 0.198. The van der Waals surface area contributed by atoms with Gasteiger partial charge in [-0.1, -0.05) is 57.5 Å². The van der Waals surface area contributed by atoms with Gasteiger partial charge in [-0.05, 0) is 202 Å². The second-order valence-corrected chi connectivity index (χ2v) is 25.1. The first kappa shape index (κ1) is 51.9. The maximum atomic E-state index is 10.3. The van der Waals surface area contributed by atoms with E-state index in [1.54, 1.807) is 34.0 Å². The van der Waals surface area contributed by atoms with Gasteiger partial charge in [0, 0.05) is 43.1 Å². The summed E-state index contributed by atoms with van der Waals surface area (Å²) < 4.78 is 50.4. The summed E-state index contributed by atoms with van der Waals surface area (Å²) in [7, 11) is 11.1. The predicted molar refractivity (Wildman–Crippen MR) is 295 cm³/mol. The number of fused-ring (bicyclic) bond motifs is 9. The number of benzene rings is 4. The van der Waals surface area contributed by atoms with Crippen LogP contribution in [0.25, 0.3) is 0 Å². The molecule has 6 aliphatic heterocycles. The van der Waals surface area contributed by atoms with Crippen LogP contribution in [0.5, 0.6) is 46.0 Å². The van der Waals surface area contributed by atoms with Crippen LogP contribution < -0.4 is 28.4 Å². The molecule has 0 radical (unpaired) electrons. The molecule has 0 aromatic heterocycles. The van der Waals surface area contributed by atoms with E-state index in [2.05, 4.69) is 100 Å². The molecule has 0 amide bonds. The monoisotopic (exact) mass is 1040 g/mol. The number of rotatable bonds is 4. The van der Waals surface area contributed by atoms with Gasteiger partial charge in [0.25, 0.3) is 0 Å². The van der Waals surface area contributed by atoms with Crippen molar-refractivity contribution in [3.05, 3.63) is 106 Å². The third-order valence-electron chi connectivity index (χ3n) is 21.1. The Hall–Kier alpha value is -4.78. The van der Waals surface area contributed by atoms with Crippen LogP contribution in [-0.2, 0) is 35.2 Å². The lowest BCUT2D eigenvalue weighted by atomic mass is 9.48. The number of aliphatic hydroxyl groups is 1. The summed E-state index contributed by atoms with van der Waals surface area (Å²) >= 11 is 0. The fraction of sp³-hybridized carbons (Fsp3) is 0.600. The number of methoxy groups -OCH3 is 4. The highest BCUT2D eigenvalue weighted by atomic mass is 16.7. The van der Waals surface area contributed by atoms with Crippen LogP contribution in [0.4, 0.5) is 0 Å². The van der Waals surface area contributed by atoms with Crippen molar-refractivity contribution in [1.29, 1.82) is 0 Å². The van der Waals surface area contributed by atoms with Gasteiger partial charge in [-0.15, -0.1) is 0 Å². The highest BCUT2D eigenvalue weighted by Gasteiger charge is 2.68. The lowest BCUT2D eigenvalue weighted by Crippen LogP contribution is -2.50. The summed E-state index contributed by atoms with van der Waals surface area (Å²) in [6.45, 7) is 12.6. The Morgan fingerprint density at radius 1 is 0.697 bits per heavy atom. The molecular weight excluding hydrogens is 953 g/mol. The molecule has 6 heterocycles. The standard InChI is InChI=1S/C38H42N2O6.C27H42O3/c1-39-15-13-25-20-32(42-4)34-22-28(25)29(39)17-23-7-10-27(11-8-23)45-33-19-24(9-12-31(33)41-3)18-30-36-26(14-16-40(30)2)21-35(43-5)37(44-6)38(36)46-34;1-16-7-12-27(29-15-16)17(2)24-23(30-27)14-22-20-6-5-18-13-19(28)8-10-25(18,3)21(20)9-11-26(22,24)4/h7-12,19-22,29-30H,13-18H2,1-6H3;9,16-20,22-24,28H,5-8,10-15H2,1-4H3. The van der Waals surface area contributed by atoms with Gasteiger partial charge in [0.05, 0.1) is 47.3 Å². The van der Waals surface area contributed by atoms with Crippen molar-refractivity contribution in [2.45, 2.75) is 141 Å². The molecule has 76 heavy (non-hydrogen) atoms. The molecule has 4 aliphatic carbocycles. The second-order valence-electron chi connectivity index (χ2n) is 25.1. The summed E-state index contributed by atoms with van der Waals surface area (Å²) in [4.78, 5) is 4.81. The number of nitrogens with zero attached hydrogens (tertiary/aromatic N) is 2. The largest absolute Gasteiger partial charge is 0.493 e. The van der Waals surface area contributed by atoms with Gasteiger partial charge in [0.15, 0.2) is 40.3 Å². The van der Waals surface area contributed by atoms with Crippen LogP contribution in [-0.4, -0.2) is 95.1 Å². The van der Waals surface area contributed by atoms with E-state index in [-0.39, 0.29) is 24.0 Å². The molecule has 2 saturated heterocycles. The molecule has 6 bridgehead atoms. The van der Waals surface area contributed by atoms with Crippen LogP contribution in [0.3, 0.4) is 0 Å². The smallest absolute Gasteiger partial charge is 0.204 e. The molecule has 14 rings (SSSR count). The highest BCUT2D eigenvalue weighted by Crippen LogP contribution is 2.70. The molecule has 3 saturated carbocycles. The maximum Gasteiger partial charge on any atom is 0.204 e. The van der Waals surface area contributed by atoms with Gasteiger partial charge < -0.3 is 43.0 Å². The molecule has 11 nitrogen and oxygen atoms in total. The van der Waals surface area contributed by atoms with Crippen molar-refractivity contribution in [2.24, 2.45) is 46.3 Å². The Kier molecular flexibility index (Phi) is 13.8. The molecule has 4 aromatic rings. The van der Waals surface area contributed by atoms with Gasteiger partial charge in [0.2, 0.25) is 5.75 Å². The van der Waals surface area contributed by atoms with E-state index >= 15 is 0 Å². The number of aliphatic hydroxyl groups excluding tert-OH is 1. The minimum absolute atomic E-state index is 0.000437. The zero-order chi connectivity index (χ0) is 52.8. The van der Waals surface area contributed by atoms with E-state index in [0.717, 1.165) is 93.4 Å². The molecular formula is C65H84N2O9. The lowest BCUT2D eigenvalue weighted by molar-refractivity contribution is -0.272. The van der Waals surface area contributed by atoms with Gasteiger partial charge in [-0.2, -0.15) is 0 Å².